The zero-order valence-electron chi connectivity index (χ0n) is 13.5. The van der Waals surface area contributed by atoms with E-state index in [0.29, 0.717) is 18.2 Å². The van der Waals surface area contributed by atoms with Crippen molar-refractivity contribution in [2.45, 2.75) is 33.4 Å². The molecule has 2 rings (SSSR count). The van der Waals surface area contributed by atoms with Crippen LogP contribution in [0.5, 0.6) is 0 Å². The molecule has 0 saturated carbocycles. The number of rotatable bonds is 5. The number of hydrogen-bond donors (Lipinski definition) is 1. The first-order chi connectivity index (χ1) is 10.5. The van der Waals surface area contributed by atoms with E-state index in [9.17, 15) is 4.79 Å². The van der Waals surface area contributed by atoms with Gasteiger partial charge in [-0.2, -0.15) is 0 Å². The van der Waals surface area contributed by atoms with Gasteiger partial charge in [0.25, 0.3) is 5.91 Å². The Morgan fingerprint density at radius 3 is 2.55 bits per heavy atom. The van der Waals surface area contributed by atoms with Crippen LogP contribution < -0.4 is 5.32 Å². The minimum atomic E-state index is -0.110. The third-order valence-electron chi connectivity index (χ3n) is 3.10. The molecule has 5 nitrogen and oxygen atoms in total. The van der Waals surface area contributed by atoms with Crippen molar-refractivity contribution >= 4 is 11.9 Å². The van der Waals surface area contributed by atoms with Gasteiger partial charge in [0.05, 0.1) is 0 Å². The van der Waals surface area contributed by atoms with Crippen molar-refractivity contribution in [2.24, 2.45) is 0 Å². The molecule has 0 aliphatic carbocycles. The second kappa shape index (κ2) is 7.02. The molecule has 0 aliphatic heterocycles. The Kier molecular flexibility index (Phi) is 5.09. The average Bonchev–Trinajstić information content (AvgIpc) is 2.46. The summed E-state index contributed by atoms with van der Waals surface area (Å²) >= 11 is 0. The van der Waals surface area contributed by atoms with Crippen molar-refractivity contribution in [2.75, 3.05) is 12.4 Å². The number of carbonyl (C=O) groups excluding carboxylic acids is 1. The number of benzene rings is 1. The van der Waals surface area contributed by atoms with Crippen LogP contribution in [0.25, 0.3) is 0 Å². The van der Waals surface area contributed by atoms with Crippen molar-refractivity contribution in [1.29, 1.82) is 0 Å². The van der Waals surface area contributed by atoms with Gasteiger partial charge >= 0.3 is 0 Å². The van der Waals surface area contributed by atoms with Gasteiger partial charge < -0.3 is 10.2 Å². The Morgan fingerprint density at radius 1 is 1.23 bits per heavy atom. The molecule has 1 aromatic carbocycles. The molecule has 0 radical (unpaired) electrons. The van der Waals surface area contributed by atoms with Gasteiger partial charge in [-0.1, -0.05) is 30.3 Å². The minimum Gasteiger partial charge on any atom is -0.352 e. The van der Waals surface area contributed by atoms with Crippen LogP contribution in [0.1, 0.15) is 35.6 Å². The molecule has 0 bridgehead atoms. The molecule has 0 aliphatic rings. The number of nitrogens with one attached hydrogen (secondary N) is 1. The third kappa shape index (κ3) is 4.28. The summed E-state index contributed by atoms with van der Waals surface area (Å²) in [6.45, 7) is 6.43. The van der Waals surface area contributed by atoms with E-state index in [4.69, 9.17) is 0 Å². The van der Waals surface area contributed by atoms with Crippen LogP contribution in [0.4, 0.5) is 5.95 Å². The quantitative estimate of drug-likeness (QED) is 0.922. The van der Waals surface area contributed by atoms with Crippen molar-refractivity contribution in [3.05, 3.63) is 53.3 Å². The zero-order valence-corrected chi connectivity index (χ0v) is 13.5. The highest BCUT2D eigenvalue weighted by Crippen LogP contribution is 2.10. The van der Waals surface area contributed by atoms with Gasteiger partial charge in [0.1, 0.15) is 5.69 Å². The minimum absolute atomic E-state index is 0.110. The molecule has 0 saturated heterocycles. The smallest absolute Gasteiger partial charge is 0.272 e. The number of aryl methyl sites for hydroxylation is 1. The van der Waals surface area contributed by atoms with Gasteiger partial charge in [0, 0.05) is 25.3 Å². The summed E-state index contributed by atoms with van der Waals surface area (Å²) in [6.07, 6.45) is 0. The third-order valence-corrected chi connectivity index (χ3v) is 3.10. The highest BCUT2D eigenvalue weighted by atomic mass is 16.2. The average molecular weight is 298 g/mol. The fourth-order valence-corrected chi connectivity index (χ4v) is 2.13. The Labute approximate surface area is 131 Å². The monoisotopic (exact) mass is 298 g/mol. The molecule has 116 valence electrons. The van der Waals surface area contributed by atoms with Crippen molar-refractivity contribution in [1.82, 2.24) is 14.9 Å². The van der Waals surface area contributed by atoms with Crippen LogP contribution in [0, 0.1) is 6.92 Å². The lowest BCUT2D eigenvalue weighted by atomic mass is 10.2. The Morgan fingerprint density at radius 2 is 1.91 bits per heavy atom. The van der Waals surface area contributed by atoms with Crippen LogP contribution in [0.3, 0.4) is 0 Å². The first kappa shape index (κ1) is 15.9. The number of carbonyl (C=O) groups is 1. The highest BCUT2D eigenvalue weighted by Gasteiger charge is 2.15. The molecule has 0 spiro atoms. The van der Waals surface area contributed by atoms with E-state index in [1.165, 1.54) is 0 Å². The summed E-state index contributed by atoms with van der Waals surface area (Å²) in [5.41, 5.74) is 2.27. The van der Waals surface area contributed by atoms with Crippen molar-refractivity contribution in [3.63, 3.8) is 0 Å². The van der Waals surface area contributed by atoms with Gasteiger partial charge in [-0.25, -0.2) is 9.97 Å². The number of hydrogen-bond acceptors (Lipinski definition) is 4. The first-order valence-corrected chi connectivity index (χ1v) is 7.37. The topological polar surface area (TPSA) is 58.1 Å². The first-order valence-electron chi connectivity index (χ1n) is 7.37. The summed E-state index contributed by atoms with van der Waals surface area (Å²) < 4.78 is 0. The van der Waals surface area contributed by atoms with Crippen LogP contribution in [0.2, 0.25) is 0 Å². The maximum absolute atomic E-state index is 12.5. The standard InChI is InChI=1S/C17H22N4O/c1-12(2)18-17-19-13(3)10-15(20-17)16(22)21(4)11-14-8-6-5-7-9-14/h5-10,12H,11H2,1-4H3,(H,18,19,20). The number of nitrogens with zero attached hydrogens (tertiary/aromatic N) is 3. The van der Waals surface area contributed by atoms with Gasteiger partial charge in [0.15, 0.2) is 0 Å². The lowest BCUT2D eigenvalue weighted by Crippen LogP contribution is -2.27. The number of anilines is 1. The van der Waals surface area contributed by atoms with Crippen LogP contribution in [-0.2, 0) is 6.54 Å². The molecule has 1 amide bonds. The molecular formula is C17H22N4O. The molecule has 1 N–H and O–H groups in total. The molecule has 22 heavy (non-hydrogen) atoms. The molecule has 5 heteroatoms. The zero-order chi connectivity index (χ0) is 16.1. The van der Waals surface area contributed by atoms with Crippen molar-refractivity contribution in [3.8, 4) is 0 Å². The van der Waals surface area contributed by atoms with Crippen LogP contribution in [0.15, 0.2) is 36.4 Å². The van der Waals surface area contributed by atoms with Crippen LogP contribution in [-0.4, -0.2) is 33.9 Å². The van der Waals surface area contributed by atoms with E-state index in [0.717, 1.165) is 11.3 Å². The van der Waals surface area contributed by atoms with E-state index in [1.54, 1.807) is 18.0 Å². The van der Waals surface area contributed by atoms with E-state index in [1.807, 2.05) is 51.1 Å². The molecule has 0 atom stereocenters. The summed E-state index contributed by atoms with van der Waals surface area (Å²) in [5.74, 6) is 0.382. The maximum Gasteiger partial charge on any atom is 0.272 e. The second-order valence-corrected chi connectivity index (χ2v) is 5.66. The summed E-state index contributed by atoms with van der Waals surface area (Å²) in [4.78, 5) is 22.8. The Bertz CT molecular complexity index is 640. The van der Waals surface area contributed by atoms with E-state index in [-0.39, 0.29) is 11.9 Å². The molecule has 2 aromatic rings. The lowest BCUT2D eigenvalue weighted by Gasteiger charge is -2.18. The molecular weight excluding hydrogens is 276 g/mol. The summed E-state index contributed by atoms with van der Waals surface area (Å²) in [7, 11) is 1.78. The van der Waals surface area contributed by atoms with Crippen LogP contribution >= 0.6 is 0 Å². The lowest BCUT2D eigenvalue weighted by molar-refractivity contribution is 0.0779. The summed E-state index contributed by atoms with van der Waals surface area (Å²) in [6, 6.07) is 11.8. The van der Waals surface area contributed by atoms with Gasteiger partial charge in [-0.3, -0.25) is 4.79 Å². The highest BCUT2D eigenvalue weighted by molar-refractivity contribution is 5.92. The van der Waals surface area contributed by atoms with E-state index < -0.39 is 0 Å². The van der Waals surface area contributed by atoms with E-state index in [2.05, 4.69) is 15.3 Å². The number of amides is 1. The fraction of sp³-hybridized carbons (Fsp3) is 0.353. The summed E-state index contributed by atoms with van der Waals surface area (Å²) in [5, 5.41) is 3.14. The maximum atomic E-state index is 12.5. The Balaban J connectivity index is 2.16. The number of aromatic nitrogens is 2. The normalized spacial score (nSPS) is 10.6. The molecule has 0 unspecified atom stereocenters. The predicted molar refractivity (Wildman–Crippen MR) is 87.8 cm³/mol. The SMILES string of the molecule is Cc1cc(C(=O)N(C)Cc2ccccc2)nc(NC(C)C)n1. The Hall–Kier alpha value is -2.43. The predicted octanol–water partition coefficient (Wildman–Crippen LogP) is 2.88. The van der Waals surface area contributed by atoms with E-state index >= 15 is 0 Å². The van der Waals surface area contributed by atoms with Crippen molar-refractivity contribution < 1.29 is 4.79 Å². The molecule has 1 aromatic heterocycles. The van der Waals surface area contributed by atoms with Gasteiger partial charge in [-0.15, -0.1) is 0 Å². The molecule has 1 heterocycles. The van der Waals surface area contributed by atoms with Gasteiger partial charge in [-0.05, 0) is 32.4 Å². The largest absolute Gasteiger partial charge is 0.352 e. The fourth-order valence-electron chi connectivity index (χ4n) is 2.13. The van der Waals surface area contributed by atoms with Gasteiger partial charge in [0.2, 0.25) is 5.95 Å². The second-order valence-electron chi connectivity index (χ2n) is 5.66. The molecule has 0 fully saturated rings.